The van der Waals surface area contributed by atoms with Gasteiger partial charge in [0.05, 0.1) is 45.8 Å². The van der Waals surface area contributed by atoms with Crippen LogP contribution in [0.4, 0.5) is 4.79 Å². The standard InChI is InChI=1S/C26H31BrN4O8/c1-6-38-21-9-15(24-23(25(33)37-5)14(2)29-26(34)30-24)7-8-18(21)39-13-22(32)31-28-12-16-10-19(35-3)20(36-4)11-17(16)27/h7-12,22,24,31-32H,6,13H2,1-5H3,(H2,29,30,34)/b28-12-/t22-,24-/m1/s1. The second kappa shape index (κ2) is 13.7. The zero-order valence-corrected chi connectivity index (χ0v) is 23.7. The number of nitrogens with zero attached hydrogens (tertiary/aromatic N) is 1. The number of benzene rings is 2. The number of aliphatic hydroxyl groups is 1. The van der Waals surface area contributed by atoms with Crippen LogP contribution in [0.3, 0.4) is 0 Å². The van der Waals surface area contributed by atoms with E-state index in [2.05, 4.69) is 37.1 Å². The molecule has 2 amide bonds. The van der Waals surface area contributed by atoms with E-state index in [0.717, 1.165) is 4.47 Å². The van der Waals surface area contributed by atoms with Crippen LogP contribution in [0, 0.1) is 0 Å². The predicted molar refractivity (Wildman–Crippen MR) is 146 cm³/mol. The Morgan fingerprint density at radius 1 is 1.13 bits per heavy atom. The summed E-state index contributed by atoms with van der Waals surface area (Å²) in [7, 11) is 4.35. The average Bonchev–Trinajstić information content (AvgIpc) is 2.92. The van der Waals surface area contributed by atoms with E-state index in [0.29, 0.717) is 46.4 Å². The van der Waals surface area contributed by atoms with E-state index in [1.54, 1.807) is 44.4 Å². The number of methoxy groups -OCH3 is 3. The van der Waals surface area contributed by atoms with Crippen LogP contribution < -0.4 is 35.0 Å². The minimum Gasteiger partial charge on any atom is -0.493 e. The van der Waals surface area contributed by atoms with Crippen LogP contribution in [-0.4, -0.2) is 64.1 Å². The minimum atomic E-state index is -1.14. The molecule has 1 aliphatic heterocycles. The lowest BCUT2D eigenvalue weighted by Crippen LogP contribution is -2.45. The third-order valence-electron chi connectivity index (χ3n) is 5.60. The van der Waals surface area contributed by atoms with Gasteiger partial charge >= 0.3 is 12.0 Å². The van der Waals surface area contributed by atoms with Crippen LogP contribution in [0.5, 0.6) is 23.0 Å². The Labute approximate surface area is 234 Å². The SMILES string of the molecule is CCOc1cc([C@H]2NC(=O)NC(C)=C2C(=O)OC)ccc1OC[C@@H](O)N/N=C\c1cc(OC)c(OC)cc1Br. The topological polar surface area (TPSA) is 149 Å². The highest BCUT2D eigenvalue weighted by molar-refractivity contribution is 9.10. The average molecular weight is 607 g/mol. The van der Waals surface area contributed by atoms with Gasteiger partial charge in [-0.05, 0) is 59.6 Å². The molecule has 0 bridgehead atoms. The van der Waals surface area contributed by atoms with Crippen LogP contribution in [0.15, 0.2) is 51.2 Å². The quantitative estimate of drug-likeness (QED) is 0.124. The van der Waals surface area contributed by atoms with Gasteiger partial charge in [0.25, 0.3) is 0 Å². The van der Waals surface area contributed by atoms with E-state index in [4.69, 9.17) is 23.7 Å². The van der Waals surface area contributed by atoms with E-state index in [1.165, 1.54) is 20.4 Å². The number of allylic oxidation sites excluding steroid dienone is 1. The number of hydrogen-bond donors (Lipinski definition) is 4. The maximum absolute atomic E-state index is 12.4. The molecule has 1 aliphatic rings. The summed E-state index contributed by atoms with van der Waals surface area (Å²) < 4.78 is 27.7. The molecule has 0 fully saturated rings. The Bertz CT molecular complexity index is 1270. The summed E-state index contributed by atoms with van der Waals surface area (Å²) in [5.41, 5.74) is 4.55. The molecule has 0 spiro atoms. The van der Waals surface area contributed by atoms with E-state index < -0.39 is 24.3 Å². The fourth-order valence-electron chi connectivity index (χ4n) is 3.78. The number of halogens is 1. The maximum atomic E-state index is 12.4. The monoisotopic (exact) mass is 606 g/mol. The first-order valence-electron chi connectivity index (χ1n) is 11.9. The van der Waals surface area contributed by atoms with Crippen LogP contribution in [0.1, 0.15) is 31.0 Å². The van der Waals surface area contributed by atoms with Gasteiger partial charge < -0.3 is 39.4 Å². The van der Waals surface area contributed by atoms with Gasteiger partial charge in [0.1, 0.15) is 6.61 Å². The third-order valence-corrected chi connectivity index (χ3v) is 6.29. The predicted octanol–water partition coefficient (Wildman–Crippen LogP) is 2.99. The molecule has 0 unspecified atom stereocenters. The van der Waals surface area contributed by atoms with Gasteiger partial charge in [-0.3, -0.25) is 5.43 Å². The molecule has 2 aromatic rings. The van der Waals surface area contributed by atoms with Gasteiger partial charge in [-0.25, -0.2) is 9.59 Å². The Morgan fingerprint density at radius 2 is 1.85 bits per heavy atom. The van der Waals surface area contributed by atoms with Crippen LogP contribution in [-0.2, 0) is 9.53 Å². The molecule has 0 radical (unpaired) electrons. The highest BCUT2D eigenvalue weighted by atomic mass is 79.9. The van der Waals surface area contributed by atoms with Gasteiger partial charge in [-0.2, -0.15) is 5.10 Å². The summed E-state index contributed by atoms with van der Waals surface area (Å²) in [6, 6.07) is 7.28. The molecule has 0 aliphatic carbocycles. The molecule has 13 heteroatoms. The van der Waals surface area contributed by atoms with Crippen molar-refractivity contribution in [3.63, 3.8) is 0 Å². The zero-order valence-electron chi connectivity index (χ0n) is 22.2. The Morgan fingerprint density at radius 3 is 2.51 bits per heavy atom. The molecule has 2 aromatic carbocycles. The van der Waals surface area contributed by atoms with Crippen LogP contribution in [0.2, 0.25) is 0 Å². The first kappa shape index (κ1) is 29.6. The van der Waals surface area contributed by atoms with Gasteiger partial charge in [0.2, 0.25) is 0 Å². The zero-order chi connectivity index (χ0) is 28.5. The van der Waals surface area contributed by atoms with Gasteiger partial charge in [0.15, 0.2) is 29.2 Å². The lowest BCUT2D eigenvalue weighted by molar-refractivity contribution is -0.136. The number of rotatable bonds is 12. The number of urea groups is 1. The number of hydrogen-bond acceptors (Lipinski definition) is 10. The van der Waals surface area contributed by atoms with Crippen molar-refractivity contribution in [3.05, 3.63) is 57.2 Å². The summed E-state index contributed by atoms with van der Waals surface area (Å²) in [5.74, 6) is 1.25. The molecule has 3 rings (SSSR count). The number of carbonyl (C=O) groups excluding carboxylic acids is 2. The molecule has 0 aromatic heterocycles. The normalized spacial score (nSPS) is 15.8. The number of aliphatic hydroxyl groups excluding tert-OH is 1. The molecule has 2 atom stereocenters. The van der Waals surface area contributed by atoms with E-state index in [1.807, 2.05) is 6.92 Å². The van der Waals surface area contributed by atoms with Gasteiger partial charge in [-0.1, -0.05) is 6.07 Å². The first-order valence-corrected chi connectivity index (χ1v) is 12.7. The van der Waals surface area contributed by atoms with E-state index >= 15 is 0 Å². The van der Waals surface area contributed by atoms with Crippen molar-refractivity contribution in [1.29, 1.82) is 0 Å². The van der Waals surface area contributed by atoms with E-state index in [-0.39, 0.29) is 12.2 Å². The van der Waals surface area contributed by atoms with Crippen molar-refractivity contribution in [2.75, 3.05) is 34.5 Å². The molecule has 0 saturated carbocycles. The van der Waals surface area contributed by atoms with Crippen molar-refractivity contribution in [2.24, 2.45) is 5.10 Å². The lowest BCUT2D eigenvalue weighted by atomic mass is 9.95. The number of amides is 2. The molecular weight excluding hydrogens is 576 g/mol. The summed E-state index contributed by atoms with van der Waals surface area (Å²) in [6.45, 7) is 3.62. The fourth-order valence-corrected chi connectivity index (χ4v) is 4.21. The number of hydrazone groups is 1. The van der Waals surface area contributed by atoms with Crippen molar-refractivity contribution < 1.29 is 38.4 Å². The molecule has 12 nitrogen and oxygen atoms in total. The fraction of sp³-hybridized carbons (Fsp3) is 0.346. The number of nitrogens with one attached hydrogen (secondary N) is 3. The third kappa shape index (κ3) is 7.33. The molecular formula is C26H31BrN4O8. The molecule has 1 heterocycles. The second-order valence-corrected chi connectivity index (χ2v) is 9.00. The summed E-state index contributed by atoms with van der Waals surface area (Å²) >= 11 is 3.45. The Balaban J connectivity index is 1.71. The number of esters is 1. The number of carbonyl (C=O) groups is 2. The molecule has 0 saturated heterocycles. The van der Waals surface area contributed by atoms with Crippen LogP contribution >= 0.6 is 15.9 Å². The summed E-state index contributed by atoms with van der Waals surface area (Å²) in [5, 5.41) is 19.7. The van der Waals surface area contributed by atoms with Gasteiger partial charge in [-0.15, -0.1) is 0 Å². The van der Waals surface area contributed by atoms with E-state index in [9.17, 15) is 14.7 Å². The lowest BCUT2D eigenvalue weighted by Gasteiger charge is -2.28. The molecule has 210 valence electrons. The second-order valence-electron chi connectivity index (χ2n) is 8.14. The first-order chi connectivity index (χ1) is 18.7. The molecule has 39 heavy (non-hydrogen) atoms. The Hall–Kier alpha value is -3.97. The van der Waals surface area contributed by atoms with Crippen molar-refractivity contribution in [2.45, 2.75) is 26.1 Å². The maximum Gasteiger partial charge on any atom is 0.337 e. The Kier molecular flexibility index (Phi) is 10.4. The smallest absolute Gasteiger partial charge is 0.337 e. The van der Waals surface area contributed by atoms with Crippen molar-refractivity contribution >= 4 is 34.1 Å². The minimum absolute atomic E-state index is 0.152. The summed E-state index contributed by atoms with van der Waals surface area (Å²) in [4.78, 5) is 24.5. The number of ether oxygens (including phenoxy) is 5. The highest BCUT2D eigenvalue weighted by Crippen LogP contribution is 2.35. The highest BCUT2D eigenvalue weighted by Gasteiger charge is 2.32. The van der Waals surface area contributed by atoms with Crippen LogP contribution in [0.25, 0.3) is 0 Å². The largest absolute Gasteiger partial charge is 0.493 e. The summed E-state index contributed by atoms with van der Waals surface area (Å²) in [6.07, 6.45) is 0.367. The molecule has 4 N–H and O–H groups in total. The van der Waals surface area contributed by atoms with Gasteiger partial charge in [0, 0.05) is 15.7 Å². The van der Waals surface area contributed by atoms with Crippen molar-refractivity contribution in [3.8, 4) is 23.0 Å². The van der Waals surface area contributed by atoms with Crippen molar-refractivity contribution in [1.82, 2.24) is 16.1 Å².